The lowest BCUT2D eigenvalue weighted by molar-refractivity contribution is 0.142. The van der Waals surface area contributed by atoms with E-state index in [-0.39, 0.29) is 5.25 Å². The van der Waals surface area contributed by atoms with Crippen LogP contribution in [0.25, 0.3) is 0 Å². The molecule has 1 aliphatic heterocycles. The van der Waals surface area contributed by atoms with E-state index in [0.717, 1.165) is 0 Å². The molecule has 0 aromatic rings. The second-order valence-electron chi connectivity index (χ2n) is 2.23. The van der Waals surface area contributed by atoms with Crippen molar-refractivity contribution in [1.29, 1.82) is 0 Å². The normalized spacial score (nSPS) is 30.0. The van der Waals surface area contributed by atoms with Gasteiger partial charge >= 0.3 is 0 Å². The zero-order valence-electron chi connectivity index (χ0n) is 6.24. The molecule has 0 aromatic carbocycles. The fourth-order valence-corrected chi connectivity index (χ4v) is 1.86. The van der Waals surface area contributed by atoms with Crippen LogP contribution in [0.2, 0.25) is 0 Å². The number of oxime groups is 1. The Morgan fingerprint density at radius 1 is 2.00 bits per heavy atom. The molecule has 0 saturated heterocycles. The van der Waals surface area contributed by atoms with Crippen LogP contribution in [-0.2, 0) is 15.6 Å². The maximum Gasteiger partial charge on any atom is 0.141 e. The van der Waals surface area contributed by atoms with Gasteiger partial charge in [-0.2, -0.15) is 0 Å². The molecule has 1 rings (SSSR count). The van der Waals surface area contributed by atoms with Gasteiger partial charge in [-0.1, -0.05) is 5.16 Å². The van der Waals surface area contributed by atoms with Gasteiger partial charge < -0.3 is 4.84 Å². The molecular formula is C7H9NO2S. The summed E-state index contributed by atoms with van der Waals surface area (Å²) in [5, 5.41) is 4.04. The van der Waals surface area contributed by atoms with Crippen molar-refractivity contribution in [1.82, 2.24) is 0 Å². The number of terminal acetylenes is 1. The summed E-state index contributed by atoms with van der Waals surface area (Å²) < 4.78 is 11.3. The molecule has 0 fully saturated rings. The van der Waals surface area contributed by atoms with Crippen LogP contribution in [-0.4, -0.2) is 21.1 Å². The highest BCUT2D eigenvalue weighted by atomic mass is 32.2. The van der Waals surface area contributed by atoms with Gasteiger partial charge in [0.15, 0.2) is 0 Å². The van der Waals surface area contributed by atoms with Crippen LogP contribution in [0.4, 0.5) is 0 Å². The van der Waals surface area contributed by atoms with Crippen molar-refractivity contribution in [2.45, 2.75) is 18.6 Å². The summed E-state index contributed by atoms with van der Waals surface area (Å²) in [6, 6.07) is 0. The van der Waals surface area contributed by atoms with Gasteiger partial charge in [-0.3, -0.25) is 4.21 Å². The monoisotopic (exact) mass is 171 g/mol. The van der Waals surface area contributed by atoms with Crippen LogP contribution in [0.1, 0.15) is 13.3 Å². The summed E-state index contributed by atoms with van der Waals surface area (Å²) in [7, 11) is -1.04. The standard InChI is InChI=1S/C7H9NO2S/c1-3-4-7-5-10-8-6(2)11(7)9/h1,7H,4-5H2,2H3. The Hall–Kier alpha value is -0.820. The Kier molecular flexibility index (Phi) is 2.66. The van der Waals surface area contributed by atoms with Gasteiger partial charge in [-0.25, -0.2) is 0 Å². The van der Waals surface area contributed by atoms with Crippen LogP contribution in [0.3, 0.4) is 0 Å². The van der Waals surface area contributed by atoms with Crippen molar-refractivity contribution in [2.24, 2.45) is 5.16 Å². The van der Waals surface area contributed by atoms with Crippen molar-refractivity contribution in [3.05, 3.63) is 0 Å². The third kappa shape index (κ3) is 1.81. The SMILES string of the molecule is C#CCC1CON=C(C)S1=O. The predicted octanol–water partition coefficient (Wildman–Crippen LogP) is 0.491. The Morgan fingerprint density at radius 3 is 3.36 bits per heavy atom. The maximum atomic E-state index is 11.3. The zero-order chi connectivity index (χ0) is 8.27. The lowest BCUT2D eigenvalue weighted by atomic mass is 10.3. The van der Waals surface area contributed by atoms with E-state index in [1.807, 2.05) is 0 Å². The van der Waals surface area contributed by atoms with E-state index < -0.39 is 10.8 Å². The average Bonchev–Trinajstić information content (AvgIpc) is 1.99. The van der Waals surface area contributed by atoms with Gasteiger partial charge in [-0.15, -0.1) is 12.3 Å². The first-order chi connectivity index (χ1) is 5.25. The maximum absolute atomic E-state index is 11.3. The Balaban J connectivity index is 2.66. The Labute approximate surface area is 68.3 Å². The first-order valence-corrected chi connectivity index (χ1v) is 4.47. The minimum Gasteiger partial charge on any atom is -0.394 e. The van der Waals surface area contributed by atoms with E-state index in [4.69, 9.17) is 11.3 Å². The zero-order valence-corrected chi connectivity index (χ0v) is 7.06. The van der Waals surface area contributed by atoms with Crippen LogP contribution in [0.5, 0.6) is 0 Å². The highest BCUT2D eigenvalue weighted by Crippen LogP contribution is 2.10. The van der Waals surface area contributed by atoms with Crippen LogP contribution in [0, 0.1) is 12.3 Å². The minimum atomic E-state index is -1.04. The molecule has 0 N–H and O–H groups in total. The molecule has 1 aliphatic rings. The molecular weight excluding hydrogens is 162 g/mol. The molecule has 0 radical (unpaired) electrons. The van der Waals surface area contributed by atoms with Gasteiger partial charge in [0.05, 0.1) is 16.0 Å². The molecule has 3 nitrogen and oxygen atoms in total. The fraction of sp³-hybridized carbons (Fsp3) is 0.571. The predicted molar refractivity (Wildman–Crippen MR) is 44.4 cm³/mol. The van der Waals surface area contributed by atoms with Crippen molar-refractivity contribution in [3.63, 3.8) is 0 Å². The highest BCUT2D eigenvalue weighted by Gasteiger charge is 2.23. The summed E-state index contributed by atoms with van der Waals surface area (Å²) in [6.07, 6.45) is 5.57. The molecule has 0 amide bonds. The molecule has 2 unspecified atom stereocenters. The number of nitrogens with zero attached hydrogens (tertiary/aromatic N) is 1. The fourth-order valence-electron chi connectivity index (χ4n) is 0.817. The topological polar surface area (TPSA) is 38.7 Å². The largest absolute Gasteiger partial charge is 0.394 e. The minimum absolute atomic E-state index is 0.0718. The van der Waals surface area contributed by atoms with Gasteiger partial charge in [-0.05, 0) is 6.92 Å². The molecule has 60 valence electrons. The van der Waals surface area contributed by atoms with Gasteiger partial charge in [0.2, 0.25) is 0 Å². The summed E-state index contributed by atoms with van der Waals surface area (Å²) in [5.74, 6) is 2.46. The molecule has 0 saturated carbocycles. The highest BCUT2D eigenvalue weighted by molar-refractivity contribution is 8.01. The van der Waals surface area contributed by atoms with E-state index in [0.29, 0.717) is 18.1 Å². The molecule has 0 spiro atoms. The first kappa shape index (κ1) is 8.28. The lowest BCUT2D eigenvalue weighted by Crippen LogP contribution is -2.28. The molecule has 0 aromatic heterocycles. The van der Waals surface area contributed by atoms with Crippen LogP contribution >= 0.6 is 0 Å². The summed E-state index contributed by atoms with van der Waals surface area (Å²) in [4.78, 5) is 4.82. The summed E-state index contributed by atoms with van der Waals surface area (Å²) >= 11 is 0. The molecule has 11 heavy (non-hydrogen) atoms. The van der Waals surface area contributed by atoms with E-state index in [2.05, 4.69) is 11.1 Å². The molecule has 0 aliphatic carbocycles. The second kappa shape index (κ2) is 3.54. The third-order valence-corrected chi connectivity index (χ3v) is 2.96. The second-order valence-corrected chi connectivity index (χ2v) is 4.09. The van der Waals surface area contributed by atoms with Crippen molar-refractivity contribution in [2.75, 3.05) is 6.61 Å². The van der Waals surface area contributed by atoms with Crippen LogP contribution in [0.15, 0.2) is 5.16 Å². The average molecular weight is 171 g/mol. The summed E-state index contributed by atoms with van der Waals surface area (Å²) in [6.45, 7) is 2.05. The number of hydrogen-bond donors (Lipinski definition) is 0. The van der Waals surface area contributed by atoms with E-state index >= 15 is 0 Å². The van der Waals surface area contributed by atoms with E-state index in [9.17, 15) is 4.21 Å². The van der Waals surface area contributed by atoms with Gasteiger partial charge in [0, 0.05) is 6.42 Å². The number of hydrogen-bond acceptors (Lipinski definition) is 3. The summed E-state index contributed by atoms with van der Waals surface area (Å²) in [5.41, 5.74) is 0. The molecule has 4 heteroatoms. The number of rotatable bonds is 1. The van der Waals surface area contributed by atoms with Gasteiger partial charge in [0.1, 0.15) is 11.7 Å². The van der Waals surface area contributed by atoms with Crippen molar-refractivity contribution in [3.8, 4) is 12.3 Å². The van der Waals surface area contributed by atoms with E-state index in [1.165, 1.54) is 0 Å². The third-order valence-electron chi connectivity index (χ3n) is 1.39. The van der Waals surface area contributed by atoms with Gasteiger partial charge in [0.25, 0.3) is 0 Å². The van der Waals surface area contributed by atoms with Crippen molar-refractivity contribution >= 4 is 15.8 Å². The quantitative estimate of drug-likeness (QED) is 0.538. The molecule has 0 bridgehead atoms. The molecule has 1 heterocycles. The Bertz CT molecular complexity index is 241. The molecule has 2 atom stereocenters. The van der Waals surface area contributed by atoms with Crippen LogP contribution < -0.4 is 0 Å². The van der Waals surface area contributed by atoms with Crippen molar-refractivity contribution < 1.29 is 9.05 Å². The Morgan fingerprint density at radius 2 is 2.73 bits per heavy atom. The van der Waals surface area contributed by atoms with E-state index in [1.54, 1.807) is 6.92 Å². The first-order valence-electron chi connectivity index (χ1n) is 3.26. The smallest absolute Gasteiger partial charge is 0.141 e. The lowest BCUT2D eigenvalue weighted by Gasteiger charge is -2.16.